The lowest BCUT2D eigenvalue weighted by atomic mass is 10.1. The number of benzene rings is 2. The second kappa shape index (κ2) is 6.55. The van der Waals surface area contributed by atoms with Gasteiger partial charge in [-0.3, -0.25) is 4.79 Å². The predicted octanol–water partition coefficient (Wildman–Crippen LogP) is 5.11. The minimum atomic E-state index is -0.103. The van der Waals surface area contributed by atoms with Crippen molar-refractivity contribution in [2.45, 2.75) is 20.8 Å². The molecule has 4 rings (SSSR count). The summed E-state index contributed by atoms with van der Waals surface area (Å²) >= 11 is 1.28. The largest absolute Gasteiger partial charge is 0.382 e. The number of ketones is 1. The van der Waals surface area contributed by atoms with Crippen molar-refractivity contribution in [3.63, 3.8) is 0 Å². The molecule has 6 heteroatoms. The highest BCUT2D eigenvalue weighted by Gasteiger charge is 2.23. The van der Waals surface area contributed by atoms with E-state index in [1.165, 1.54) is 16.9 Å². The highest BCUT2D eigenvalue weighted by Crippen LogP contribution is 2.33. The number of hydrogen-bond acceptors (Lipinski definition) is 5. The standard InChI is InChI=1S/C21H20N4OS/c1-11-8-9-15(12(2)10-11)24-21-25-20(22)19(27-21)18(26)17-13(3)23-16-7-5-4-6-14(16)17/h4-10,23H,22H2,1-3H3,(H,24,25). The van der Waals surface area contributed by atoms with Crippen LogP contribution in [0.3, 0.4) is 0 Å². The van der Waals surface area contributed by atoms with E-state index in [0.717, 1.165) is 27.8 Å². The Balaban J connectivity index is 1.70. The first-order valence-corrected chi connectivity index (χ1v) is 9.48. The average molecular weight is 376 g/mol. The van der Waals surface area contributed by atoms with Gasteiger partial charge in [0.25, 0.3) is 0 Å². The fraction of sp³-hybridized carbons (Fsp3) is 0.143. The van der Waals surface area contributed by atoms with Crippen LogP contribution in [0.2, 0.25) is 0 Å². The number of rotatable bonds is 4. The molecule has 0 aliphatic heterocycles. The van der Waals surface area contributed by atoms with Crippen LogP contribution in [0, 0.1) is 20.8 Å². The SMILES string of the molecule is Cc1ccc(Nc2nc(N)c(C(=O)c3c(C)[nH]c4ccccc34)s2)c(C)c1. The second-order valence-corrected chi connectivity index (χ2v) is 7.68. The third-order valence-electron chi connectivity index (χ3n) is 4.60. The Labute approximate surface area is 161 Å². The van der Waals surface area contributed by atoms with Crippen LogP contribution in [0.5, 0.6) is 0 Å². The maximum absolute atomic E-state index is 13.2. The second-order valence-electron chi connectivity index (χ2n) is 6.68. The summed E-state index contributed by atoms with van der Waals surface area (Å²) in [4.78, 5) is 21.3. The molecular formula is C21H20N4OS. The van der Waals surface area contributed by atoms with Gasteiger partial charge in [0.15, 0.2) is 5.13 Å². The van der Waals surface area contributed by atoms with Crippen molar-refractivity contribution in [2.75, 3.05) is 11.1 Å². The van der Waals surface area contributed by atoms with Gasteiger partial charge in [-0.15, -0.1) is 0 Å². The van der Waals surface area contributed by atoms with E-state index in [4.69, 9.17) is 5.73 Å². The van der Waals surface area contributed by atoms with Crippen LogP contribution < -0.4 is 11.1 Å². The first-order valence-electron chi connectivity index (χ1n) is 8.66. The summed E-state index contributed by atoms with van der Waals surface area (Å²) in [5, 5.41) is 4.79. The molecule has 4 N–H and O–H groups in total. The average Bonchev–Trinajstić information content (AvgIpc) is 3.15. The molecule has 0 atom stereocenters. The van der Waals surface area contributed by atoms with E-state index in [2.05, 4.69) is 28.3 Å². The van der Waals surface area contributed by atoms with Crippen molar-refractivity contribution < 1.29 is 4.79 Å². The molecule has 0 bridgehead atoms. The molecule has 5 nitrogen and oxygen atoms in total. The van der Waals surface area contributed by atoms with Crippen LogP contribution in [0.15, 0.2) is 42.5 Å². The number of nitrogens with two attached hydrogens (primary N) is 1. The molecule has 0 radical (unpaired) electrons. The molecule has 27 heavy (non-hydrogen) atoms. The number of aromatic amines is 1. The fourth-order valence-corrected chi connectivity index (χ4v) is 4.14. The number of anilines is 3. The number of nitrogens with zero attached hydrogens (tertiary/aromatic N) is 1. The number of aryl methyl sites for hydroxylation is 3. The van der Waals surface area contributed by atoms with Crippen molar-refractivity contribution in [1.82, 2.24) is 9.97 Å². The molecule has 2 aromatic heterocycles. The number of carbonyl (C=O) groups is 1. The highest BCUT2D eigenvalue weighted by atomic mass is 32.1. The first kappa shape index (κ1) is 17.3. The Hall–Kier alpha value is -3.12. The van der Waals surface area contributed by atoms with Gasteiger partial charge in [-0.1, -0.05) is 47.2 Å². The molecule has 0 unspecified atom stereocenters. The molecule has 0 saturated heterocycles. The topological polar surface area (TPSA) is 83.8 Å². The van der Waals surface area contributed by atoms with E-state index in [9.17, 15) is 4.79 Å². The number of para-hydroxylation sites is 1. The zero-order chi connectivity index (χ0) is 19.1. The summed E-state index contributed by atoms with van der Waals surface area (Å²) in [5.41, 5.74) is 11.8. The highest BCUT2D eigenvalue weighted by molar-refractivity contribution is 7.18. The van der Waals surface area contributed by atoms with E-state index in [1.807, 2.05) is 50.2 Å². The van der Waals surface area contributed by atoms with Gasteiger partial charge in [0.05, 0.1) is 5.56 Å². The normalized spacial score (nSPS) is 11.1. The lowest BCUT2D eigenvalue weighted by Crippen LogP contribution is -2.03. The molecule has 2 aromatic carbocycles. The smallest absolute Gasteiger partial charge is 0.209 e. The van der Waals surface area contributed by atoms with Gasteiger partial charge in [0.1, 0.15) is 10.7 Å². The van der Waals surface area contributed by atoms with Gasteiger partial charge < -0.3 is 16.0 Å². The molecule has 0 aliphatic rings. The van der Waals surface area contributed by atoms with Gasteiger partial charge in [-0.05, 0) is 38.5 Å². The van der Waals surface area contributed by atoms with Gasteiger partial charge >= 0.3 is 0 Å². The van der Waals surface area contributed by atoms with Gasteiger partial charge in [-0.25, -0.2) is 4.98 Å². The summed E-state index contributed by atoms with van der Waals surface area (Å²) in [6.07, 6.45) is 0. The minimum Gasteiger partial charge on any atom is -0.382 e. The molecule has 2 heterocycles. The van der Waals surface area contributed by atoms with Crippen LogP contribution in [0.4, 0.5) is 16.6 Å². The summed E-state index contributed by atoms with van der Waals surface area (Å²) in [5.74, 6) is 0.149. The van der Waals surface area contributed by atoms with Crippen molar-refractivity contribution in [3.8, 4) is 0 Å². The number of H-pyrrole nitrogens is 1. The Morgan fingerprint density at radius 1 is 1.15 bits per heavy atom. The third kappa shape index (κ3) is 3.08. The molecule has 136 valence electrons. The van der Waals surface area contributed by atoms with Crippen LogP contribution in [0.1, 0.15) is 32.1 Å². The van der Waals surface area contributed by atoms with Crippen LogP contribution >= 0.6 is 11.3 Å². The lowest BCUT2D eigenvalue weighted by Gasteiger charge is -2.07. The number of hydrogen-bond donors (Lipinski definition) is 3. The number of nitrogens with one attached hydrogen (secondary N) is 2. The molecule has 0 spiro atoms. The number of nitrogen functional groups attached to an aromatic ring is 1. The Morgan fingerprint density at radius 3 is 2.70 bits per heavy atom. The molecule has 0 aliphatic carbocycles. The Bertz CT molecular complexity index is 1170. The summed E-state index contributed by atoms with van der Waals surface area (Å²) in [6, 6.07) is 13.9. The lowest BCUT2D eigenvalue weighted by molar-refractivity contribution is 0.104. The number of thiazole rings is 1. The zero-order valence-electron chi connectivity index (χ0n) is 15.4. The van der Waals surface area contributed by atoms with E-state index < -0.39 is 0 Å². The Morgan fingerprint density at radius 2 is 1.93 bits per heavy atom. The number of carbonyl (C=O) groups excluding carboxylic acids is 1. The van der Waals surface area contributed by atoms with Crippen LogP contribution in [0.25, 0.3) is 10.9 Å². The molecule has 0 fully saturated rings. The molecule has 0 saturated carbocycles. The van der Waals surface area contributed by atoms with E-state index in [0.29, 0.717) is 15.6 Å². The minimum absolute atomic E-state index is 0.103. The maximum atomic E-state index is 13.2. The predicted molar refractivity (Wildman–Crippen MR) is 112 cm³/mol. The number of fused-ring (bicyclic) bond motifs is 1. The van der Waals surface area contributed by atoms with Crippen molar-refractivity contribution in [1.29, 1.82) is 0 Å². The van der Waals surface area contributed by atoms with Crippen LogP contribution in [-0.4, -0.2) is 15.8 Å². The van der Waals surface area contributed by atoms with E-state index >= 15 is 0 Å². The van der Waals surface area contributed by atoms with Crippen molar-refractivity contribution in [3.05, 3.63) is 69.7 Å². The number of aromatic nitrogens is 2. The summed E-state index contributed by atoms with van der Waals surface area (Å²) < 4.78 is 0. The maximum Gasteiger partial charge on any atom is 0.209 e. The van der Waals surface area contributed by atoms with Crippen LogP contribution in [-0.2, 0) is 0 Å². The van der Waals surface area contributed by atoms with Crippen molar-refractivity contribution >= 4 is 44.7 Å². The summed E-state index contributed by atoms with van der Waals surface area (Å²) in [7, 11) is 0. The zero-order valence-corrected chi connectivity index (χ0v) is 16.2. The monoisotopic (exact) mass is 376 g/mol. The van der Waals surface area contributed by atoms with E-state index in [-0.39, 0.29) is 11.6 Å². The fourth-order valence-electron chi connectivity index (χ4n) is 3.30. The van der Waals surface area contributed by atoms with Gasteiger partial charge in [0, 0.05) is 22.3 Å². The van der Waals surface area contributed by atoms with Gasteiger partial charge in [-0.2, -0.15) is 0 Å². The first-order chi connectivity index (χ1) is 12.9. The Kier molecular flexibility index (Phi) is 4.20. The third-order valence-corrected chi connectivity index (χ3v) is 5.59. The molecule has 4 aromatic rings. The molecular weight excluding hydrogens is 356 g/mol. The van der Waals surface area contributed by atoms with Crippen molar-refractivity contribution in [2.24, 2.45) is 0 Å². The molecule has 0 amide bonds. The summed E-state index contributed by atoms with van der Waals surface area (Å²) in [6.45, 7) is 5.99. The van der Waals surface area contributed by atoms with Gasteiger partial charge in [0.2, 0.25) is 5.78 Å². The quantitative estimate of drug-likeness (QED) is 0.432. The van der Waals surface area contributed by atoms with E-state index in [1.54, 1.807) is 0 Å².